The quantitative estimate of drug-likeness (QED) is 0.393. The molecule has 5 rings (SSSR count). The van der Waals surface area contributed by atoms with Gasteiger partial charge in [0.15, 0.2) is 0 Å². The topological polar surface area (TPSA) is 91.8 Å². The van der Waals surface area contributed by atoms with Gasteiger partial charge in [0.05, 0.1) is 11.4 Å². The van der Waals surface area contributed by atoms with Gasteiger partial charge < -0.3 is 9.64 Å². The zero-order valence-electron chi connectivity index (χ0n) is 20.3. The minimum atomic E-state index is -0.927. The van der Waals surface area contributed by atoms with Crippen LogP contribution in [0, 0.1) is 18.8 Å². The number of pyridine rings is 1. The van der Waals surface area contributed by atoms with Crippen molar-refractivity contribution in [2.45, 2.75) is 51.7 Å². The highest BCUT2D eigenvalue weighted by Gasteiger charge is 2.67. The minimum absolute atomic E-state index is 0.0517. The Bertz CT molecular complexity index is 1270. The van der Waals surface area contributed by atoms with Crippen LogP contribution in [0.2, 0.25) is 0 Å². The molecule has 1 aliphatic heterocycles. The maximum atomic E-state index is 13.4. The molecular weight excluding hydrogens is 442 g/mol. The average molecular weight is 474 g/mol. The van der Waals surface area contributed by atoms with E-state index < -0.39 is 11.4 Å². The number of ether oxygens (including phenoxy) is 1. The number of likely N-dealkylation sites (tertiary alicyclic amines) is 1. The van der Waals surface area contributed by atoms with E-state index in [1.165, 1.54) is 0 Å². The fraction of sp³-hybridized carbons (Fsp3) is 0.393. The first-order chi connectivity index (χ1) is 16.8. The van der Waals surface area contributed by atoms with Crippen molar-refractivity contribution in [3.8, 4) is 5.75 Å². The first-order valence-electron chi connectivity index (χ1n) is 12.2. The standard InChI is InChI=1S/C28H31N3O4/c1-17(2)24-15-28(24,27(33)30-34)31-13-12-23(26(31)32)19-8-10-21(11-9-19)35-16-20-14-18(3)29-25-7-5-4-6-22(20)25/h4-11,14,17,23-24,34H,12-13,15-16H2,1-3H3,(H,30,33). The number of aromatic nitrogens is 1. The number of amides is 2. The van der Waals surface area contributed by atoms with Gasteiger partial charge in [-0.15, -0.1) is 0 Å². The molecule has 7 nitrogen and oxygen atoms in total. The SMILES string of the molecule is Cc1cc(COc2ccc(C3CCN(C4(C(=O)NO)CC4C(C)C)C3=O)cc2)c2ccccc2n1. The Labute approximate surface area is 205 Å². The zero-order chi connectivity index (χ0) is 24.7. The second-order valence-electron chi connectivity index (χ2n) is 10.0. The van der Waals surface area contributed by atoms with E-state index in [9.17, 15) is 14.8 Å². The summed E-state index contributed by atoms with van der Waals surface area (Å²) in [6, 6.07) is 17.7. The predicted octanol–water partition coefficient (Wildman–Crippen LogP) is 4.36. The summed E-state index contributed by atoms with van der Waals surface area (Å²) in [7, 11) is 0. The third kappa shape index (κ3) is 4.04. The first kappa shape index (κ1) is 23.3. The number of hydrogen-bond acceptors (Lipinski definition) is 5. The predicted molar refractivity (Wildman–Crippen MR) is 132 cm³/mol. The molecule has 182 valence electrons. The van der Waals surface area contributed by atoms with Crippen LogP contribution in [0.5, 0.6) is 5.75 Å². The molecule has 2 amide bonds. The zero-order valence-corrected chi connectivity index (χ0v) is 20.3. The summed E-state index contributed by atoms with van der Waals surface area (Å²) in [6.45, 7) is 7.00. The highest BCUT2D eigenvalue weighted by Crippen LogP contribution is 2.55. The molecular formula is C28H31N3O4. The minimum Gasteiger partial charge on any atom is -0.489 e. The number of hydroxylamine groups is 1. The molecule has 7 heteroatoms. The van der Waals surface area contributed by atoms with Gasteiger partial charge in [-0.1, -0.05) is 44.2 Å². The maximum absolute atomic E-state index is 13.4. The summed E-state index contributed by atoms with van der Waals surface area (Å²) < 4.78 is 6.07. The summed E-state index contributed by atoms with van der Waals surface area (Å²) in [5.74, 6) is 0.204. The third-order valence-corrected chi connectivity index (χ3v) is 7.58. The van der Waals surface area contributed by atoms with E-state index >= 15 is 0 Å². The summed E-state index contributed by atoms with van der Waals surface area (Å²) in [4.78, 5) is 32.2. The lowest BCUT2D eigenvalue weighted by Crippen LogP contribution is -2.51. The Morgan fingerprint density at radius 3 is 2.66 bits per heavy atom. The second-order valence-corrected chi connectivity index (χ2v) is 10.0. The molecule has 3 unspecified atom stereocenters. The normalized spacial score (nSPS) is 23.7. The van der Waals surface area contributed by atoms with Crippen molar-refractivity contribution in [1.82, 2.24) is 15.4 Å². The van der Waals surface area contributed by atoms with Gasteiger partial charge in [-0.3, -0.25) is 19.8 Å². The molecule has 1 saturated carbocycles. The largest absolute Gasteiger partial charge is 0.489 e. The molecule has 0 spiro atoms. The number of carbonyl (C=O) groups excluding carboxylic acids is 2. The fourth-order valence-electron chi connectivity index (χ4n) is 5.71. The molecule has 1 saturated heterocycles. The Kier molecular flexibility index (Phi) is 5.97. The Morgan fingerprint density at radius 1 is 1.23 bits per heavy atom. The van der Waals surface area contributed by atoms with E-state index in [0.717, 1.165) is 33.5 Å². The first-order valence-corrected chi connectivity index (χ1v) is 12.2. The van der Waals surface area contributed by atoms with Gasteiger partial charge in [0.2, 0.25) is 5.91 Å². The highest BCUT2D eigenvalue weighted by atomic mass is 16.5. The molecule has 2 aliphatic rings. The van der Waals surface area contributed by atoms with Crippen molar-refractivity contribution in [3.63, 3.8) is 0 Å². The Morgan fingerprint density at radius 2 is 1.97 bits per heavy atom. The molecule has 1 aromatic heterocycles. The van der Waals surface area contributed by atoms with Crippen LogP contribution in [-0.2, 0) is 16.2 Å². The lowest BCUT2D eigenvalue weighted by atomic mass is 9.97. The third-order valence-electron chi connectivity index (χ3n) is 7.58. The Balaban J connectivity index is 1.29. The monoisotopic (exact) mass is 473 g/mol. The van der Waals surface area contributed by atoms with Crippen LogP contribution < -0.4 is 10.2 Å². The molecule has 3 aromatic rings. The highest BCUT2D eigenvalue weighted by molar-refractivity contribution is 5.97. The molecule has 0 bridgehead atoms. The van der Waals surface area contributed by atoms with Crippen LogP contribution in [-0.4, -0.2) is 39.0 Å². The van der Waals surface area contributed by atoms with Gasteiger partial charge >= 0.3 is 0 Å². The Hall–Kier alpha value is -3.45. The van der Waals surface area contributed by atoms with Crippen LogP contribution >= 0.6 is 0 Å². The molecule has 3 atom stereocenters. The summed E-state index contributed by atoms with van der Waals surface area (Å²) in [5, 5.41) is 10.4. The molecule has 2 fully saturated rings. The lowest BCUT2D eigenvalue weighted by molar-refractivity contribution is -0.145. The summed E-state index contributed by atoms with van der Waals surface area (Å²) in [5.41, 5.74) is 4.77. The van der Waals surface area contributed by atoms with E-state index in [2.05, 4.69) is 11.1 Å². The number of nitrogens with zero attached hydrogens (tertiary/aromatic N) is 2. The summed E-state index contributed by atoms with van der Waals surface area (Å²) >= 11 is 0. The number of benzene rings is 2. The van der Waals surface area contributed by atoms with Crippen LogP contribution in [0.1, 0.15) is 49.4 Å². The molecule has 35 heavy (non-hydrogen) atoms. The van der Waals surface area contributed by atoms with Gasteiger partial charge in [-0.2, -0.15) is 0 Å². The van der Waals surface area contributed by atoms with Crippen molar-refractivity contribution in [1.29, 1.82) is 0 Å². The number of fused-ring (bicyclic) bond motifs is 1. The smallest absolute Gasteiger partial charge is 0.269 e. The van der Waals surface area contributed by atoms with Crippen molar-refractivity contribution in [2.75, 3.05) is 6.54 Å². The van der Waals surface area contributed by atoms with Gasteiger partial charge in [-0.25, -0.2) is 5.48 Å². The second kappa shape index (κ2) is 8.96. The maximum Gasteiger partial charge on any atom is 0.269 e. The van der Waals surface area contributed by atoms with Crippen molar-refractivity contribution in [2.24, 2.45) is 11.8 Å². The van der Waals surface area contributed by atoms with E-state index in [1.54, 1.807) is 10.4 Å². The van der Waals surface area contributed by atoms with Gasteiger partial charge in [0, 0.05) is 23.2 Å². The number of nitrogens with one attached hydrogen (secondary N) is 1. The van der Waals surface area contributed by atoms with E-state index in [0.29, 0.717) is 26.0 Å². The molecule has 1 aliphatic carbocycles. The van der Waals surface area contributed by atoms with Gasteiger partial charge in [0.25, 0.3) is 5.91 Å². The number of aryl methyl sites for hydroxylation is 1. The summed E-state index contributed by atoms with van der Waals surface area (Å²) in [6.07, 6.45) is 1.23. The van der Waals surface area contributed by atoms with Crippen molar-refractivity contribution >= 4 is 22.7 Å². The number of carbonyl (C=O) groups is 2. The van der Waals surface area contributed by atoms with Crippen molar-refractivity contribution < 1.29 is 19.5 Å². The van der Waals surface area contributed by atoms with Gasteiger partial charge in [-0.05, 0) is 61.4 Å². The molecule has 2 aromatic carbocycles. The molecule has 2 N–H and O–H groups in total. The van der Waals surface area contributed by atoms with Gasteiger partial charge in [0.1, 0.15) is 17.9 Å². The molecule has 2 heterocycles. The van der Waals surface area contributed by atoms with E-state index in [1.807, 2.05) is 69.3 Å². The number of para-hydroxylation sites is 1. The average Bonchev–Trinajstić information content (AvgIpc) is 3.51. The van der Waals surface area contributed by atoms with Crippen LogP contribution in [0.4, 0.5) is 0 Å². The van der Waals surface area contributed by atoms with E-state index in [-0.39, 0.29) is 23.7 Å². The molecule has 0 radical (unpaired) electrons. The van der Waals surface area contributed by atoms with E-state index in [4.69, 9.17) is 4.74 Å². The van der Waals surface area contributed by atoms with Crippen LogP contribution in [0.3, 0.4) is 0 Å². The number of rotatable bonds is 7. The van der Waals surface area contributed by atoms with Crippen LogP contribution in [0.15, 0.2) is 54.6 Å². The lowest BCUT2D eigenvalue weighted by Gasteiger charge is -2.28. The van der Waals surface area contributed by atoms with Crippen LogP contribution in [0.25, 0.3) is 10.9 Å². The van der Waals surface area contributed by atoms with Crippen molar-refractivity contribution in [3.05, 3.63) is 71.4 Å². The fourth-order valence-corrected chi connectivity index (χ4v) is 5.71. The number of hydrogen-bond donors (Lipinski definition) is 2.